The van der Waals surface area contributed by atoms with Crippen molar-refractivity contribution in [2.45, 2.75) is 38.8 Å². The van der Waals surface area contributed by atoms with Gasteiger partial charge >= 0.3 is 6.09 Å². The number of imide groups is 1. The molecule has 17 heavy (non-hydrogen) atoms. The minimum absolute atomic E-state index is 0.232. The Morgan fingerprint density at radius 2 is 1.94 bits per heavy atom. The molecular weight excluding hydrogens is 226 g/mol. The summed E-state index contributed by atoms with van der Waals surface area (Å²) in [6, 6.07) is -0.776. The molecule has 0 unspecified atom stereocenters. The Balaban J connectivity index is 2.20. The van der Waals surface area contributed by atoms with Gasteiger partial charge in [-0.3, -0.25) is 4.79 Å². The van der Waals surface area contributed by atoms with Crippen LogP contribution in [0.3, 0.4) is 0 Å². The molecule has 6 heteroatoms. The number of aliphatic hydroxyl groups excluding tert-OH is 2. The predicted octanol–water partition coefficient (Wildman–Crippen LogP) is 1.48. The lowest BCUT2D eigenvalue weighted by atomic mass is 10.1. The lowest BCUT2D eigenvalue weighted by molar-refractivity contribution is -0.132. The zero-order valence-corrected chi connectivity index (χ0v) is 9.93. The quantitative estimate of drug-likeness (QED) is 0.670. The molecule has 1 saturated heterocycles. The van der Waals surface area contributed by atoms with E-state index in [1.54, 1.807) is 20.8 Å². The van der Waals surface area contributed by atoms with Crippen molar-refractivity contribution < 1.29 is 24.5 Å². The Morgan fingerprint density at radius 3 is 2.41 bits per heavy atom. The van der Waals surface area contributed by atoms with Gasteiger partial charge in [0.05, 0.1) is 0 Å². The molecule has 1 aliphatic carbocycles. The zero-order chi connectivity index (χ0) is 13.0. The van der Waals surface area contributed by atoms with Gasteiger partial charge in [-0.15, -0.1) is 0 Å². The maximum Gasteiger partial charge on any atom is 0.417 e. The Kier molecular flexibility index (Phi) is 2.34. The summed E-state index contributed by atoms with van der Waals surface area (Å²) in [6.45, 7) is 5.07. The van der Waals surface area contributed by atoms with Crippen molar-refractivity contribution in [2.75, 3.05) is 0 Å². The summed E-state index contributed by atoms with van der Waals surface area (Å²) in [5.74, 6) is -1.94. The molecule has 1 fully saturated rings. The highest BCUT2D eigenvalue weighted by molar-refractivity contribution is 5.98. The lowest BCUT2D eigenvalue weighted by Gasteiger charge is -2.28. The standard InChI is InChI=1S/C11H15NO5/c1-11(2,3)17-10(16)12-6-4-5(9(12)15)7(13)8(6)14/h5-6,13-14H,4H2,1-3H3/t5-,6+/m0/s1. The fourth-order valence-electron chi connectivity index (χ4n) is 2.09. The SMILES string of the molecule is CC(C)(C)OC(=O)N1C(=O)[C@H]2C[C@@H]1C(O)=C2O. The molecule has 0 spiro atoms. The Labute approximate surface area is 98.5 Å². The lowest BCUT2D eigenvalue weighted by Crippen LogP contribution is -2.45. The average molecular weight is 241 g/mol. The first-order valence-corrected chi connectivity index (χ1v) is 5.40. The van der Waals surface area contributed by atoms with Gasteiger partial charge in [-0.2, -0.15) is 0 Å². The normalized spacial score (nSPS) is 27.9. The molecule has 94 valence electrons. The van der Waals surface area contributed by atoms with Gasteiger partial charge in [0.2, 0.25) is 5.91 Å². The number of amides is 2. The van der Waals surface area contributed by atoms with E-state index in [9.17, 15) is 19.8 Å². The first kappa shape index (κ1) is 11.8. The van der Waals surface area contributed by atoms with Crippen molar-refractivity contribution in [3.8, 4) is 0 Å². The molecule has 0 saturated carbocycles. The van der Waals surface area contributed by atoms with E-state index in [1.165, 1.54) is 0 Å². The second-order valence-corrected chi connectivity index (χ2v) is 5.26. The van der Waals surface area contributed by atoms with Crippen LogP contribution in [0.5, 0.6) is 0 Å². The average Bonchev–Trinajstić information content (AvgIpc) is 2.62. The second-order valence-electron chi connectivity index (χ2n) is 5.26. The van der Waals surface area contributed by atoms with Gasteiger partial charge in [0.15, 0.2) is 5.76 Å². The van der Waals surface area contributed by atoms with Gasteiger partial charge < -0.3 is 14.9 Å². The molecule has 2 rings (SSSR count). The number of hydrogen-bond acceptors (Lipinski definition) is 5. The topological polar surface area (TPSA) is 87.1 Å². The number of carbonyl (C=O) groups excluding carboxylic acids is 2. The van der Waals surface area contributed by atoms with Crippen LogP contribution in [-0.2, 0) is 9.53 Å². The predicted molar refractivity (Wildman–Crippen MR) is 57.3 cm³/mol. The third-order valence-electron chi connectivity index (χ3n) is 2.80. The van der Waals surface area contributed by atoms with Gasteiger partial charge in [-0.25, -0.2) is 9.69 Å². The van der Waals surface area contributed by atoms with Crippen LogP contribution >= 0.6 is 0 Å². The van der Waals surface area contributed by atoms with Crippen LogP contribution in [0.1, 0.15) is 27.2 Å². The maximum absolute atomic E-state index is 11.8. The van der Waals surface area contributed by atoms with Crippen LogP contribution in [0.25, 0.3) is 0 Å². The van der Waals surface area contributed by atoms with Gasteiger partial charge in [0.1, 0.15) is 23.3 Å². The molecular formula is C11H15NO5. The van der Waals surface area contributed by atoms with E-state index in [0.717, 1.165) is 4.90 Å². The summed E-state index contributed by atoms with van der Waals surface area (Å²) in [7, 11) is 0. The van der Waals surface area contributed by atoms with Crippen molar-refractivity contribution >= 4 is 12.0 Å². The molecule has 2 bridgehead atoms. The van der Waals surface area contributed by atoms with Crippen molar-refractivity contribution in [1.82, 2.24) is 4.90 Å². The van der Waals surface area contributed by atoms with E-state index in [0.29, 0.717) is 0 Å². The van der Waals surface area contributed by atoms with Crippen LogP contribution < -0.4 is 0 Å². The van der Waals surface area contributed by atoms with Gasteiger partial charge in [-0.05, 0) is 27.2 Å². The summed E-state index contributed by atoms with van der Waals surface area (Å²) >= 11 is 0. The van der Waals surface area contributed by atoms with Gasteiger partial charge in [0, 0.05) is 0 Å². The van der Waals surface area contributed by atoms with Crippen LogP contribution in [0.15, 0.2) is 11.5 Å². The van der Waals surface area contributed by atoms with Crippen molar-refractivity contribution in [3.63, 3.8) is 0 Å². The highest BCUT2D eigenvalue weighted by Crippen LogP contribution is 2.41. The van der Waals surface area contributed by atoms with E-state index < -0.39 is 29.6 Å². The molecule has 0 radical (unpaired) electrons. The highest BCUT2D eigenvalue weighted by Gasteiger charge is 2.54. The molecule has 0 aromatic rings. The molecule has 0 aromatic carbocycles. The van der Waals surface area contributed by atoms with E-state index in [4.69, 9.17) is 4.74 Å². The molecule has 2 amide bonds. The number of likely N-dealkylation sites (tertiary alicyclic amines) is 1. The largest absolute Gasteiger partial charge is 0.508 e. The van der Waals surface area contributed by atoms with Crippen LogP contribution in [-0.4, -0.2) is 38.8 Å². The van der Waals surface area contributed by atoms with Crippen molar-refractivity contribution in [2.24, 2.45) is 5.92 Å². The summed E-state index contributed by atoms with van der Waals surface area (Å²) in [5, 5.41) is 19.0. The summed E-state index contributed by atoms with van der Waals surface area (Å²) in [5.41, 5.74) is -0.708. The number of hydrogen-bond donors (Lipinski definition) is 2. The number of aliphatic hydroxyl groups is 2. The highest BCUT2D eigenvalue weighted by atomic mass is 16.6. The maximum atomic E-state index is 11.8. The monoisotopic (exact) mass is 241 g/mol. The van der Waals surface area contributed by atoms with Gasteiger partial charge in [0.25, 0.3) is 0 Å². The van der Waals surface area contributed by atoms with Crippen molar-refractivity contribution in [1.29, 1.82) is 0 Å². The molecule has 0 aromatic heterocycles. The molecule has 1 heterocycles. The Bertz CT molecular complexity index is 420. The number of fused-ring (bicyclic) bond motifs is 2. The summed E-state index contributed by atoms with van der Waals surface area (Å²) < 4.78 is 5.08. The van der Waals surface area contributed by atoms with Gasteiger partial charge in [-0.1, -0.05) is 0 Å². The van der Waals surface area contributed by atoms with E-state index in [-0.39, 0.29) is 17.9 Å². The van der Waals surface area contributed by atoms with Crippen LogP contribution in [0, 0.1) is 5.92 Å². The number of carbonyl (C=O) groups is 2. The third-order valence-corrected chi connectivity index (χ3v) is 2.80. The minimum atomic E-state index is -0.799. The van der Waals surface area contributed by atoms with Crippen LogP contribution in [0.4, 0.5) is 4.79 Å². The molecule has 2 aliphatic rings. The zero-order valence-electron chi connectivity index (χ0n) is 9.93. The fraction of sp³-hybridized carbons (Fsp3) is 0.636. The van der Waals surface area contributed by atoms with E-state index >= 15 is 0 Å². The number of ether oxygens (including phenoxy) is 1. The van der Waals surface area contributed by atoms with Crippen molar-refractivity contribution in [3.05, 3.63) is 11.5 Å². The summed E-state index contributed by atoms with van der Waals surface area (Å²) in [4.78, 5) is 24.4. The molecule has 1 aliphatic heterocycles. The first-order valence-electron chi connectivity index (χ1n) is 5.40. The Hall–Kier alpha value is -1.72. The third kappa shape index (κ3) is 1.73. The minimum Gasteiger partial charge on any atom is -0.508 e. The Morgan fingerprint density at radius 1 is 1.35 bits per heavy atom. The van der Waals surface area contributed by atoms with E-state index in [2.05, 4.69) is 0 Å². The first-order chi connectivity index (χ1) is 7.72. The smallest absolute Gasteiger partial charge is 0.417 e. The van der Waals surface area contributed by atoms with Crippen LogP contribution in [0.2, 0.25) is 0 Å². The molecule has 2 atom stereocenters. The molecule has 6 nitrogen and oxygen atoms in total. The molecule has 2 N–H and O–H groups in total. The summed E-state index contributed by atoms with van der Waals surface area (Å²) in [6.07, 6.45) is -0.551. The number of nitrogens with zero attached hydrogens (tertiary/aromatic N) is 1. The fourth-order valence-corrected chi connectivity index (χ4v) is 2.09. The number of rotatable bonds is 0. The van der Waals surface area contributed by atoms with E-state index in [1.807, 2.05) is 0 Å². The second kappa shape index (κ2) is 3.38.